The molecule has 9 heteroatoms. The predicted molar refractivity (Wildman–Crippen MR) is 148 cm³/mol. The first kappa shape index (κ1) is 30.2. The average molecular weight is 557 g/mol. The highest BCUT2D eigenvalue weighted by Crippen LogP contribution is 2.22. The lowest BCUT2D eigenvalue weighted by Crippen LogP contribution is -2.38. The maximum atomic E-state index is 12.1. The highest BCUT2D eigenvalue weighted by atomic mass is 35.5. The molecule has 0 aliphatic heterocycles. The highest BCUT2D eigenvalue weighted by molar-refractivity contribution is 6.35. The van der Waals surface area contributed by atoms with Gasteiger partial charge in [-0.3, -0.25) is 4.79 Å². The van der Waals surface area contributed by atoms with Crippen molar-refractivity contribution < 1.29 is 14.3 Å². The standard InChI is InChI=1S/C27H36Cl3N3O3/c1-2-36-26(34)7-4-3-5-15-32(18-14-21-8-11-23(28)12-9-21)16-6-17-33(27(31)35)20-22-10-13-24(29)19-25(22)30/h8-13,19H,2-7,14-18,20H2,1H3,(H2,31,35). The van der Waals surface area contributed by atoms with Crippen LogP contribution < -0.4 is 5.73 Å². The van der Waals surface area contributed by atoms with Crippen LogP contribution in [0.2, 0.25) is 15.1 Å². The summed E-state index contributed by atoms with van der Waals surface area (Å²) in [7, 11) is 0. The van der Waals surface area contributed by atoms with Crippen LogP contribution in [0.4, 0.5) is 4.79 Å². The minimum absolute atomic E-state index is 0.135. The zero-order valence-electron chi connectivity index (χ0n) is 20.9. The molecule has 0 radical (unpaired) electrons. The van der Waals surface area contributed by atoms with Crippen molar-refractivity contribution >= 4 is 46.8 Å². The van der Waals surface area contributed by atoms with Gasteiger partial charge in [0.15, 0.2) is 0 Å². The van der Waals surface area contributed by atoms with Gasteiger partial charge in [-0.25, -0.2) is 4.79 Å². The number of halogens is 3. The first-order valence-corrected chi connectivity index (χ1v) is 13.5. The molecule has 0 spiro atoms. The van der Waals surface area contributed by atoms with Crippen molar-refractivity contribution in [3.8, 4) is 0 Å². The minimum atomic E-state index is -0.479. The lowest BCUT2D eigenvalue weighted by Gasteiger charge is -2.25. The quantitative estimate of drug-likeness (QED) is 0.187. The van der Waals surface area contributed by atoms with Crippen molar-refractivity contribution in [2.24, 2.45) is 5.73 Å². The van der Waals surface area contributed by atoms with E-state index in [1.165, 1.54) is 5.56 Å². The summed E-state index contributed by atoms with van der Waals surface area (Å²) in [5.74, 6) is -0.135. The summed E-state index contributed by atoms with van der Waals surface area (Å²) < 4.78 is 5.00. The number of ether oxygens (including phenoxy) is 1. The van der Waals surface area contributed by atoms with Crippen molar-refractivity contribution in [2.75, 3.05) is 32.8 Å². The van der Waals surface area contributed by atoms with E-state index in [0.717, 1.165) is 62.3 Å². The second-order valence-electron chi connectivity index (χ2n) is 8.68. The number of esters is 1. The van der Waals surface area contributed by atoms with Crippen molar-refractivity contribution in [1.29, 1.82) is 0 Å². The summed E-state index contributed by atoms with van der Waals surface area (Å²) in [6.07, 6.45) is 4.90. The SMILES string of the molecule is CCOC(=O)CCCCCN(CCCN(Cc1ccc(Cl)cc1Cl)C(N)=O)CCc1ccc(Cl)cc1. The van der Waals surface area contributed by atoms with Crippen LogP contribution in [0.1, 0.15) is 50.2 Å². The molecule has 2 aromatic carbocycles. The third-order valence-electron chi connectivity index (χ3n) is 5.88. The summed E-state index contributed by atoms with van der Waals surface area (Å²) in [6, 6.07) is 12.7. The molecule has 2 amide bonds. The number of amides is 2. The Hall–Kier alpha value is -1.99. The first-order chi connectivity index (χ1) is 17.3. The molecule has 36 heavy (non-hydrogen) atoms. The number of hydrogen-bond donors (Lipinski definition) is 1. The fraction of sp³-hybridized carbons (Fsp3) is 0.481. The second kappa shape index (κ2) is 16.7. The monoisotopic (exact) mass is 555 g/mol. The number of carbonyl (C=O) groups excluding carboxylic acids is 2. The Kier molecular flexibility index (Phi) is 14.0. The van der Waals surface area contributed by atoms with Crippen LogP contribution >= 0.6 is 34.8 Å². The minimum Gasteiger partial charge on any atom is -0.466 e. The number of nitrogens with two attached hydrogens (primary N) is 1. The molecule has 6 nitrogen and oxygen atoms in total. The Labute approximate surface area is 229 Å². The molecule has 0 aromatic heterocycles. The van der Waals surface area contributed by atoms with Gasteiger partial charge in [0.25, 0.3) is 0 Å². The van der Waals surface area contributed by atoms with E-state index in [0.29, 0.717) is 36.2 Å². The van der Waals surface area contributed by atoms with Gasteiger partial charge in [0.05, 0.1) is 6.61 Å². The van der Waals surface area contributed by atoms with E-state index in [2.05, 4.69) is 4.90 Å². The van der Waals surface area contributed by atoms with E-state index in [1.807, 2.05) is 37.3 Å². The van der Waals surface area contributed by atoms with Crippen molar-refractivity contribution in [3.63, 3.8) is 0 Å². The van der Waals surface area contributed by atoms with Crippen LogP contribution in [-0.4, -0.2) is 54.6 Å². The third kappa shape index (κ3) is 11.8. The van der Waals surface area contributed by atoms with Crippen LogP contribution in [-0.2, 0) is 22.5 Å². The maximum Gasteiger partial charge on any atom is 0.315 e. The molecule has 0 bridgehead atoms. The summed E-state index contributed by atoms with van der Waals surface area (Å²) in [5, 5.41) is 1.79. The molecule has 198 valence electrons. The van der Waals surface area contributed by atoms with Gasteiger partial charge in [0.1, 0.15) is 0 Å². The topological polar surface area (TPSA) is 75.9 Å². The third-order valence-corrected chi connectivity index (χ3v) is 6.72. The van der Waals surface area contributed by atoms with Crippen LogP contribution in [0.5, 0.6) is 0 Å². The van der Waals surface area contributed by atoms with Crippen LogP contribution in [0, 0.1) is 0 Å². The predicted octanol–water partition coefficient (Wildman–Crippen LogP) is 6.59. The average Bonchev–Trinajstić information content (AvgIpc) is 2.83. The molecular weight excluding hydrogens is 521 g/mol. The number of primary amides is 1. The number of unbranched alkanes of at least 4 members (excludes halogenated alkanes) is 2. The van der Waals surface area contributed by atoms with E-state index < -0.39 is 6.03 Å². The molecule has 0 aliphatic carbocycles. The van der Waals surface area contributed by atoms with Gasteiger partial charge in [-0.15, -0.1) is 0 Å². The van der Waals surface area contributed by atoms with Crippen molar-refractivity contribution in [2.45, 2.75) is 52.0 Å². The number of nitrogens with zero attached hydrogens (tertiary/aromatic N) is 2. The van der Waals surface area contributed by atoms with Crippen molar-refractivity contribution in [1.82, 2.24) is 9.80 Å². The molecule has 2 N–H and O–H groups in total. The highest BCUT2D eigenvalue weighted by Gasteiger charge is 2.14. The molecule has 0 aliphatic rings. The van der Waals surface area contributed by atoms with Gasteiger partial charge in [-0.05, 0) is 81.1 Å². The molecule has 0 saturated carbocycles. The lowest BCUT2D eigenvalue weighted by atomic mass is 10.1. The Balaban J connectivity index is 1.88. The Morgan fingerprint density at radius 1 is 0.861 bits per heavy atom. The van der Waals surface area contributed by atoms with Crippen LogP contribution in [0.3, 0.4) is 0 Å². The second-order valence-corrected chi connectivity index (χ2v) is 9.96. The van der Waals surface area contributed by atoms with Crippen LogP contribution in [0.25, 0.3) is 0 Å². The molecule has 2 rings (SSSR count). The van der Waals surface area contributed by atoms with E-state index >= 15 is 0 Å². The van der Waals surface area contributed by atoms with Gasteiger partial charge in [0.2, 0.25) is 0 Å². The largest absolute Gasteiger partial charge is 0.466 e. The van der Waals surface area contributed by atoms with Gasteiger partial charge in [-0.1, -0.05) is 59.4 Å². The van der Waals surface area contributed by atoms with E-state index in [9.17, 15) is 9.59 Å². The molecule has 0 unspecified atom stereocenters. The lowest BCUT2D eigenvalue weighted by molar-refractivity contribution is -0.143. The number of benzene rings is 2. The first-order valence-electron chi connectivity index (χ1n) is 12.4. The smallest absolute Gasteiger partial charge is 0.315 e. The summed E-state index contributed by atoms with van der Waals surface area (Å²) >= 11 is 18.3. The Bertz CT molecular complexity index is 957. The summed E-state index contributed by atoms with van der Waals surface area (Å²) in [6.45, 7) is 5.72. The van der Waals surface area contributed by atoms with Gasteiger partial charge >= 0.3 is 12.0 Å². The maximum absolute atomic E-state index is 12.1. The molecule has 0 atom stereocenters. The Morgan fingerprint density at radius 2 is 1.56 bits per heavy atom. The number of carbonyl (C=O) groups is 2. The summed E-state index contributed by atoms with van der Waals surface area (Å²) in [4.78, 5) is 27.6. The summed E-state index contributed by atoms with van der Waals surface area (Å²) in [5.41, 5.74) is 7.67. The van der Waals surface area contributed by atoms with Gasteiger partial charge in [0, 0.05) is 41.1 Å². The van der Waals surface area contributed by atoms with Gasteiger partial charge < -0.3 is 20.3 Å². The van der Waals surface area contributed by atoms with E-state index in [-0.39, 0.29) is 5.97 Å². The van der Waals surface area contributed by atoms with E-state index in [1.54, 1.807) is 17.0 Å². The van der Waals surface area contributed by atoms with Crippen LogP contribution in [0.15, 0.2) is 42.5 Å². The normalized spacial score (nSPS) is 11.0. The Morgan fingerprint density at radius 3 is 2.22 bits per heavy atom. The number of urea groups is 1. The number of hydrogen-bond acceptors (Lipinski definition) is 4. The van der Waals surface area contributed by atoms with Gasteiger partial charge in [-0.2, -0.15) is 0 Å². The zero-order valence-corrected chi connectivity index (χ0v) is 23.1. The number of rotatable bonds is 16. The fourth-order valence-corrected chi connectivity index (χ4v) is 4.49. The molecule has 0 saturated heterocycles. The molecule has 2 aromatic rings. The van der Waals surface area contributed by atoms with E-state index in [4.69, 9.17) is 45.3 Å². The zero-order chi connectivity index (χ0) is 26.3. The fourth-order valence-electron chi connectivity index (χ4n) is 3.90. The molecule has 0 fully saturated rings. The molecule has 0 heterocycles. The molecular formula is C27H36Cl3N3O3. The van der Waals surface area contributed by atoms with Crippen molar-refractivity contribution in [3.05, 3.63) is 68.7 Å².